The van der Waals surface area contributed by atoms with Crippen molar-refractivity contribution in [3.8, 4) is 0 Å². The van der Waals surface area contributed by atoms with Gasteiger partial charge in [-0.2, -0.15) is 4.98 Å². The SMILES string of the molecule is Brc1cnc2ccc([NH2+]c3nnc(C4CCCCC4)s3)nc2c1. The third-order valence-electron chi connectivity index (χ3n) is 4.21. The average molecular weight is 391 g/mol. The molecule has 0 bridgehead atoms. The van der Waals surface area contributed by atoms with E-state index in [1.54, 1.807) is 17.5 Å². The minimum absolute atomic E-state index is 0.605. The Morgan fingerprint density at radius 3 is 2.83 bits per heavy atom. The fourth-order valence-electron chi connectivity index (χ4n) is 3.02. The standard InChI is InChI=1S/C16H16BrN5S/c17-11-8-13-12(18-9-11)6-7-14(19-13)20-16-22-21-15(23-16)10-4-2-1-3-5-10/h6-10H,1-5H2,(H,19,20,22)/p+1. The molecule has 7 heteroatoms. The number of halogens is 1. The second-order valence-corrected chi connectivity index (χ2v) is 7.84. The van der Waals surface area contributed by atoms with E-state index < -0.39 is 0 Å². The fourth-order valence-corrected chi connectivity index (χ4v) is 4.30. The van der Waals surface area contributed by atoms with E-state index in [2.05, 4.69) is 36.1 Å². The summed E-state index contributed by atoms with van der Waals surface area (Å²) >= 11 is 5.14. The number of aromatic nitrogens is 4. The van der Waals surface area contributed by atoms with Crippen molar-refractivity contribution in [2.75, 3.05) is 0 Å². The molecule has 3 aromatic rings. The van der Waals surface area contributed by atoms with Gasteiger partial charge in [0.25, 0.3) is 0 Å². The van der Waals surface area contributed by atoms with Gasteiger partial charge in [0.15, 0.2) is 0 Å². The maximum absolute atomic E-state index is 4.64. The summed E-state index contributed by atoms with van der Waals surface area (Å²) in [6, 6.07) is 5.95. The molecule has 1 saturated carbocycles. The van der Waals surface area contributed by atoms with Gasteiger partial charge < -0.3 is 0 Å². The second-order valence-electron chi connectivity index (χ2n) is 5.89. The van der Waals surface area contributed by atoms with E-state index in [0.29, 0.717) is 5.92 Å². The molecule has 118 valence electrons. The average Bonchev–Trinajstić information content (AvgIpc) is 3.04. The Balaban J connectivity index is 1.54. The molecule has 23 heavy (non-hydrogen) atoms. The first-order chi connectivity index (χ1) is 11.3. The molecule has 1 aliphatic carbocycles. The Morgan fingerprint density at radius 2 is 1.96 bits per heavy atom. The fraction of sp³-hybridized carbons (Fsp3) is 0.375. The number of pyridine rings is 2. The van der Waals surface area contributed by atoms with Gasteiger partial charge in [0.05, 0.1) is 11.0 Å². The number of fused-ring (bicyclic) bond motifs is 1. The van der Waals surface area contributed by atoms with Crippen molar-refractivity contribution in [2.24, 2.45) is 0 Å². The quantitative estimate of drug-likeness (QED) is 0.737. The van der Waals surface area contributed by atoms with E-state index in [0.717, 1.165) is 26.5 Å². The Labute approximate surface area is 146 Å². The first-order valence-corrected chi connectivity index (χ1v) is 9.49. The van der Waals surface area contributed by atoms with Crippen LogP contribution in [0, 0.1) is 0 Å². The molecule has 2 N–H and O–H groups in total. The van der Waals surface area contributed by atoms with Crippen molar-refractivity contribution in [3.05, 3.63) is 33.9 Å². The van der Waals surface area contributed by atoms with Crippen LogP contribution in [0.25, 0.3) is 11.0 Å². The van der Waals surface area contributed by atoms with Crippen LogP contribution in [0.1, 0.15) is 43.0 Å². The smallest absolute Gasteiger partial charge is 0.253 e. The predicted molar refractivity (Wildman–Crippen MR) is 94.2 cm³/mol. The van der Waals surface area contributed by atoms with Crippen LogP contribution in [0.5, 0.6) is 0 Å². The molecule has 0 aliphatic heterocycles. The van der Waals surface area contributed by atoms with Crippen LogP contribution in [-0.2, 0) is 0 Å². The van der Waals surface area contributed by atoms with Gasteiger partial charge in [0.2, 0.25) is 5.82 Å². The van der Waals surface area contributed by atoms with Crippen LogP contribution >= 0.6 is 27.3 Å². The number of nitrogens with zero attached hydrogens (tertiary/aromatic N) is 4. The zero-order valence-corrected chi connectivity index (χ0v) is 15.0. The Morgan fingerprint density at radius 1 is 1.09 bits per heavy atom. The highest BCUT2D eigenvalue weighted by Crippen LogP contribution is 2.34. The van der Waals surface area contributed by atoms with Gasteiger partial charge in [-0.3, -0.25) is 4.98 Å². The lowest BCUT2D eigenvalue weighted by Crippen LogP contribution is -2.71. The maximum Gasteiger partial charge on any atom is 0.309 e. The van der Waals surface area contributed by atoms with Crippen LogP contribution in [0.15, 0.2) is 28.9 Å². The normalized spacial score (nSPS) is 16.0. The van der Waals surface area contributed by atoms with Gasteiger partial charge in [-0.05, 0) is 52.2 Å². The number of nitrogens with two attached hydrogens (primary N) is 1. The van der Waals surface area contributed by atoms with E-state index in [1.807, 2.05) is 23.5 Å². The highest BCUT2D eigenvalue weighted by atomic mass is 79.9. The first-order valence-electron chi connectivity index (χ1n) is 7.88. The molecule has 0 spiro atoms. The van der Waals surface area contributed by atoms with Crippen LogP contribution < -0.4 is 5.32 Å². The monoisotopic (exact) mass is 390 g/mol. The van der Waals surface area contributed by atoms with Crippen molar-refractivity contribution in [1.29, 1.82) is 0 Å². The minimum Gasteiger partial charge on any atom is -0.253 e. The molecular formula is C16H17BrN5S+. The molecule has 3 heterocycles. The van der Waals surface area contributed by atoms with Crippen LogP contribution in [0.2, 0.25) is 0 Å². The minimum atomic E-state index is 0.605. The zero-order chi connectivity index (χ0) is 15.6. The molecule has 0 unspecified atom stereocenters. The van der Waals surface area contributed by atoms with E-state index in [1.165, 1.54) is 37.1 Å². The van der Waals surface area contributed by atoms with Gasteiger partial charge in [-0.15, -0.1) is 5.10 Å². The molecule has 1 fully saturated rings. The predicted octanol–water partition coefficient (Wildman–Crippen LogP) is 3.82. The molecule has 0 radical (unpaired) electrons. The number of rotatable bonds is 3. The summed E-state index contributed by atoms with van der Waals surface area (Å²) in [7, 11) is 0. The van der Waals surface area contributed by atoms with Gasteiger partial charge in [-0.1, -0.05) is 24.4 Å². The third-order valence-corrected chi connectivity index (χ3v) is 5.67. The lowest BCUT2D eigenvalue weighted by molar-refractivity contribution is -0.482. The summed E-state index contributed by atoms with van der Waals surface area (Å²) < 4.78 is 0.935. The van der Waals surface area contributed by atoms with Gasteiger partial charge in [0, 0.05) is 22.7 Å². The van der Waals surface area contributed by atoms with Gasteiger partial charge >= 0.3 is 5.13 Å². The molecule has 3 aromatic heterocycles. The highest BCUT2D eigenvalue weighted by molar-refractivity contribution is 9.10. The molecule has 0 atom stereocenters. The lowest BCUT2D eigenvalue weighted by atomic mass is 9.90. The summed E-state index contributed by atoms with van der Waals surface area (Å²) in [5.41, 5.74) is 1.77. The topological polar surface area (TPSA) is 68.2 Å². The van der Waals surface area contributed by atoms with Crippen LogP contribution in [0.4, 0.5) is 10.9 Å². The van der Waals surface area contributed by atoms with Crippen molar-refractivity contribution < 1.29 is 5.32 Å². The summed E-state index contributed by atoms with van der Waals surface area (Å²) in [5, 5.41) is 12.9. The van der Waals surface area contributed by atoms with E-state index >= 15 is 0 Å². The largest absolute Gasteiger partial charge is 0.309 e. The number of hydrogen-bond donors (Lipinski definition) is 1. The van der Waals surface area contributed by atoms with Gasteiger partial charge in [-0.25, -0.2) is 5.32 Å². The molecule has 1 aliphatic rings. The van der Waals surface area contributed by atoms with Crippen molar-refractivity contribution in [2.45, 2.75) is 38.0 Å². The summed E-state index contributed by atoms with van der Waals surface area (Å²) in [6.07, 6.45) is 8.29. The maximum atomic E-state index is 4.64. The van der Waals surface area contributed by atoms with Gasteiger partial charge in [0.1, 0.15) is 5.01 Å². The molecule has 0 saturated heterocycles. The van der Waals surface area contributed by atoms with E-state index in [-0.39, 0.29) is 0 Å². The van der Waals surface area contributed by atoms with Crippen molar-refractivity contribution >= 4 is 49.2 Å². The summed E-state index contributed by atoms with van der Waals surface area (Å²) in [6.45, 7) is 0. The van der Waals surface area contributed by atoms with Crippen molar-refractivity contribution in [3.63, 3.8) is 0 Å². The highest BCUT2D eigenvalue weighted by Gasteiger charge is 2.21. The molecule has 0 amide bonds. The first kappa shape index (κ1) is 15.1. The molecule has 4 rings (SSSR count). The molecular weight excluding hydrogens is 374 g/mol. The number of quaternary nitrogens is 1. The van der Waals surface area contributed by atoms with Crippen molar-refractivity contribution in [1.82, 2.24) is 20.2 Å². The zero-order valence-electron chi connectivity index (χ0n) is 12.6. The summed E-state index contributed by atoms with van der Waals surface area (Å²) in [5.74, 6) is 1.50. The Kier molecular flexibility index (Phi) is 4.33. The lowest BCUT2D eigenvalue weighted by Gasteiger charge is -2.18. The summed E-state index contributed by atoms with van der Waals surface area (Å²) in [4.78, 5) is 8.99. The van der Waals surface area contributed by atoms with Crippen LogP contribution in [-0.4, -0.2) is 20.2 Å². The third kappa shape index (κ3) is 3.41. The van der Waals surface area contributed by atoms with Crippen LogP contribution in [0.3, 0.4) is 0 Å². The number of hydrogen-bond acceptors (Lipinski definition) is 5. The van der Waals surface area contributed by atoms with E-state index in [4.69, 9.17) is 0 Å². The second kappa shape index (κ2) is 6.59. The van der Waals surface area contributed by atoms with E-state index in [9.17, 15) is 0 Å². The Hall–Kier alpha value is -1.44. The Bertz CT molecular complexity index is 828. The molecule has 5 nitrogen and oxygen atoms in total. The molecule has 0 aromatic carbocycles.